The van der Waals surface area contributed by atoms with Gasteiger partial charge in [-0.25, -0.2) is 0 Å². The van der Waals surface area contributed by atoms with Crippen molar-refractivity contribution in [2.45, 2.75) is 0 Å². The zero-order chi connectivity index (χ0) is 15.7. The second-order valence-corrected chi connectivity index (χ2v) is 5.68. The number of pyridine rings is 2. The standard InChI is InChI=1S/C15H13IN4O2/c1-17-13-9(16)7-8-11(14(21)18-2)12(22-15(8)20-13)10-5-3-4-6-19-10/h3-7H,1-2H3,(H,17,20)(H,18,21). The van der Waals surface area contributed by atoms with E-state index in [1.54, 1.807) is 26.4 Å². The molecule has 22 heavy (non-hydrogen) atoms. The number of hydrogen-bond acceptors (Lipinski definition) is 5. The van der Waals surface area contributed by atoms with Gasteiger partial charge < -0.3 is 15.1 Å². The van der Waals surface area contributed by atoms with Crippen LogP contribution < -0.4 is 10.6 Å². The minimum Gasteiger partial charge on any atom is -0.435 e. The maximum atomic E-state index is 12.3. The summed E-state index contributed by atoms with van der Waals surface area (Å²) in [6.07, 6.45) is 1.66. The number of carbonyl (C=O) groups excluding carboxylic acids is 1. The fourth-order valence-electron chi connectivity index (χ4n) is 2.20. The maximum Gasteiger partial charge on any atom is 0.255 e. The van der Waals surface area contributed by atoms with Crippen LogP contribution in [0.3, 0.4) is 0 Å². The van der Waals surface area contributed by atoms with Gasteiger partial charge in [-0.3, -0.25) is 9.78 Å². The summed E-state index contributed by atoms with van der Waals surface area (Å²) in [5, 5.41) is 6.32. The molecule has 0 saturated heterocycles. The quantitative estimate of drug-likeness (QED) is 0.652. The maximum absolute atomic E-state index is 12.3. The average Bonchev–Trinajstić information content (AvgIpc) is 2.92. The molecule has 7 heteroatoms. The molecule has 0 radical (unpaired) electrons. The summed E-state index contributed by atoms with van der Waals surface area (Å²) in [6.45, 7) is 0. The Labute approximate surface area is 140 Å². The van der Waals surface area contributed by atoms with Crippen molar-refractivity contribution < 1.29 is 9.21 Å². The highest BCUT2D eigenvalue weighted by molar-refractivity contribution is 14.1. The topological polar surface area (TPSA) is 80.1 Å². The van der Waals surface area contributed by atoms with Crippen molar-refractivity contribution in [3.63, 3.8) is 0 Å². The first-order valence-corrected chi connectivity index (χ1v) is 7.68. The molecule has 3 aromatic heterocycles. The van der Waals surface area contributed by atoms with Gasteiger partial charge in [0.25, 0.3) is 5.91 Å². The summed E-state index contributed by atoms with van der Waals surface area (Å²) < 4.78 is 6.74. The first kappa shape index (κ1) is 14.8. The second-order valence-electron chi connectivity index (χ2n) is 4.52. The van der Waals surface area contributed by atoms with Gasteiger partial charge in [-0.1, -0.05) is 6.07 Å². The van der Waals surface area contributed by atoms with Crippen LogP contribution in [0.4, 0.5) is 5.82 Å². The van der Waals surface area contributed by atoms with Gasteiger partial charge in [0.05, 0.1) is 14.5 Å². The van der Waals surface area contributed by atoms with Gasteiger partial charge in [0.1, 0.15) is 11.5 Å². The van der Waals surface area contributed by atoms with Gasteiger partial charge in [0, 0.05) is 20.3 Å². The molecule has 0 aliphatic rings. The molecule has 0 unspecified atom stereocenters. The monoisotopic (exact) mass is 408 g/mol. The van der Waals surface area contributed by atoms with Crippen molar-refractivity contribution in [3.8, 4) is 11.5 Å². The van der Waals surface area contributed by atoms with Crippen LogP contribution in [0.15, 0.2) is 34.9 Å². The Morgan fingerprint density at radius 2 is 2.14 bits per heavy atom. The smallest absolute Gasteiger partial charge is 0.255 e. The Morgan fingerprint density at radius 3 is 2.77 bits per heavy atom. The van der Waals surface area contributed by atoms with E-state index < -0.39 is 0 Å². The molecule has 0 aliphatic carbocycles. The highest BCUT2D eigenvalue weighted by Crippen LogP contribution is 2.34. The molecular weight excluding hydrogens is 395 g/mol. The van der Waals surface area contributed by atoms with Crippen molar-refractivity contribution in [1.29, 1.82) is 0 Å². The summed E-state index contributed by atoms with van der Waals surface area (Å²) >= 11 is 2.17. The number of fused-ring (bicyclic) bond motifs is 1. The zero-order valence-electron chi connectivity index (χ0n) is 12.0. The minimum absolute atomic E-state index is 0.228. The molecule has 2 N–H and O–H groups in total. The molecule has 1 amide bonds. The van der Waals surface area contributed by atoms with Crippen LogP contribution in [0.1, 0.15) is 10.4 Å². The van der Waals surface area contributed by atoms with E-state index in [1.807, 2.05) is 18.2 Å². The Morgan fingerprint density at radius 1 is 1.32 bits per heavy atom. The molecule has 0 aliphatic heterocycles. The number of halogens is 1. The highest BCUT2D eigenvalue weighted by atomic mass is 127. The molecule has 0 aromatic carbocycles. The van der Waals surface area contributed by atoms with Gasteiger partial charge >= 0.3 is 0 Å². The van der Waals surface area contributed by atoms with Crippen molar-refractivity contribution in [1.82, 2.24) is 15.3 Å². The van der Waals surface area contributed by atoms with Gasteiger partial charge in [-0.15, -0.1) is 0 Å². The van der Waals surface area contributed by atoms with E-state index in [0.717, 1.165) is 3.57 Å². The first-order chi connectivity index (χ1) is 10.7. The normalized spacial score (nSPS) is 10.7. The van der Waals surface area contributed by atoms with Crippen molar-refractivity contribution in [3.05, 3.63) is 39.6 Å². The molecule has 3 aromatic rings. The lowest BCUT2D eigenvalue weighted by atomic mass is 10.1. The molecule has 112 valence electrons. The van der Waals surface area contributed by atoms with Crippen molar-refractivity contribution in [2.75, 3.05) is 19.4 Å². The number of rotatable bonds is 3. The van der Waals surface area contributed by atoms with Crippen LogP contribution in [0, 0.1) is 3.57 Å². The van der Waals surface area contributed by atoms with Gasteiger partial charge in [-0.05, 0) is 40.8 Å². The molecule has 0 atom stereocenters. The van der Waals surface area contributed by atoms with E-state index in [-0.39, 0.29) is 5.91 Å². The molecule has 0 bridgehead atoms. The van der Waals surface area contributed by atoms with Crippen LogP contribution in [-0.2, 0) is 0 Å². The van der Waals surface area contributed by atoms with E-state index >= 15 is 0 Å². The van der Waals surface area contributed by atoms with Crippen LogP contribution in [0.25, 0.3) is 22.6 Å². The van der Waals surface area contributed by atoms with Crippen molar-refractivity contribution in [2.24, 2.45) is 0 Å². The molecular formula is C15H13IN4O2. The predicted molar refractivity (Wildman–Crippen MR) is 92.9 cm³/mol. The number of anilines is 1. The van der Waals surface area contributed by atoms with Gasteiger partial charge in [0.15, 0.2) is 5.76 Å². The molecule has 3 rings (SSSR count). The van der Waals surface area contributed by atoms with Crippen LogP contribution >= 0.6 is 22.6 Å². The van der Waals surface area contributed by atoms with E-state index in [9.17, 15) is 4.79 Å². The number of hydrogen-bond donors (Lipinski definition) is 2. The Balaban J connectivity index is 2.34. The number of aromatic nitrogens is 2. The third-order valence-electron chi connectivity index (χ3n) is 3.22. The molecule has 6 nitrogen and oxygen atoms in total. The SMILES string of the molecule is CNC(=O)c1c(-c2ccccn2)oc2nc(NC)c(I)cc12. The second kappa shape index (κ2) is 5.91. The summed E-state index contributed by atoms with van der Waals surface area (Å²) in [7, 11) is 3.38. The summed E-state index contributed by atoms with van der Waals surface area (Å²) in [6, 6.07) is 7.34. The van der Waals surface area contributed by atoms with Crippen molar-refractivity contribution >= 4 is 45.4 Å². The number of amides is 1. The lowest BCUT2D eigenvalue weighted by molar-refractivity contribution is 0.0964. The summed E-state index contributed by atoms with van der Waals surface area (Å²) in [5.74, 6) is 0.901. The Kier molecular flexibility index (Phi) is 3.97. The molecule has 3 heterocycles. The summed E-state index contributed by atoms with van der Waals surface area (Å²) in [4.78, 5) is 21.0. The van der Waals surface area contributed by atoms with Gasteiger partial charge in [0.2, 0.25) is 5.71 Å². The average molecular weight is 408 g/mol. The highest BCUT2D eigenvalue weighted by Gasteiger charge is 2.24. The fourth-order valence-corrected chi connectivity index (χ4v) is 2.90. The lowest BCUT2D eigenvalue weighted by Crippen LogP contribution is -2.18. The molecule has 0 saturated carbocycles. The fraction of sp³-hybridized carbons (Fsp3) is 0.133. The van der Waals surface area contributed by atoms with Gasteiger partial charge in [-0.2, -0.15) is 4.98 Å². The molecule has 0 fully saturated rings. The van der Waals surface area contributed by atoms with Crippen LogP contribution in [0.5, 0.6) is 0 Å². The third kappa shape index (κ3) is 2.41. The van der Waals surface area contributed by atoms with E-state index in [2.05, 4.69) is 43.2 Å². The number of nitrogens with zero attached hydrogens (tertiary/aromatic N) is 2. The minimum atomic E-state index is -0.228. The third-order valence-corrected chi connectivity index (χ3v) is 4.05. The van der Waals surface area contributed by atoms with E-state index in [1.165, 1.54) is 0 Å². The van der Waals surface area contributed by atoms with E-state index in [4.69, 9.17) is 4.42 Å². The lowest BCUT2D eigenvalue weighted by Gasteiger charge is -2.02. The Bertz CT molecular complexity index is 846. The number of carbonyl (C=O) groups is 1. The van der Waals surface area contributed by atoms with Crippen LogP contribution in [0.2, 0.25) is 0 Å². The Hall–Kier alpha value is -2.16. The van der Waals surface area contributed by atoms with E-state index in [0.29, 0.717) is 33.9 Å². The molecule has 0 spiro atoms. The van der Waals surface area contributed by atoms with Crippen LogP contribution in [-0.4, -0.2) is 30.0 Å². The summed E-state index contributed by atoms with van der Waals surface area (Å²) in [5.41, 5.74) is 1.45. The first-order valence-electron chi connectivity index (χ1n) is 6.60. The zero-order valence-corrected chi connectivity index (χ0v) is 14.1. The number of nitrogens with one attached hydrogen (secondary N) is 2. The predicted octanol–water partition coefficient (Wildman–Crippen LogP) is 2.90. The largest absolute Gasteiger partial charge is 0.435 e. The number of furan rings is 1.